The van der Waals surface area contributed by atoms with Crippen LogP contribution in [0.4, 0.5) is 16.2 Å². The maximum Gasteiger partial charge on any atom is 0.323 e. The minimum absolute atomic E-state index is 0.0564. The van der Waals surface area contributed by atoms with Crippen LogP contribution >= 0.6 is 0 Å². The first kappa shape index (κ1) is 37.5. The number of likely N-dealkylation sites (N-methyl/N-ethyl adjacent to an activating group) is 1. The molecule has 3 aromatic carbocycles. The van der Waals surface area contributed by atoms with Gasteiger partial charge in [0.2, 0.25) is 0 Å². The largest absolute Gasteiger partial charge is 0.497 e. The Bertz CT molecular complexity index is 1480. The Hall–Kier alpha value is -4.32. The third-order valence-electron chi connectivity index (χ3n) is 8.76. The number of fused-ring (bicyclic) bond motifs is 1. The van der Waals surface area contributed by atoms with E-state index in [1.54, 1.807) is 61.6 Å². The lowest BCUT2D eigenvalue weighted by atomic mass is 10.0. The van der Waals surface area contributed by atoms with E-state index in [0.717, 1.165) is 37.1 Å². The van der Waals surface area contributed by atoms with Crippen molar-refractivity contribution in [3.63, 3.8) is 0 Å². The second kappa shape index (κ2) is 18.4. The summed E-state index contributed by atoms with van der Waals surface area (Å²) in [5.74, 6) is 1.58. The minimum Gasteiger partial charge on any atom is -0.497 e. The van der Waals surface area contributed by atoms with Crippen LogP contribution < -0.4 is 24.8 Å². The number of benzene rings is 3. The fourth-order valence-corrected chi connectivity index (χ4v) is 5.85. The second-order valence-electron chi connectivity index (χ2n) is 12.9. The van der Waals surface area contributed by atoms with Crippen LogP contribution in [0.1, 0.15) is 56.0 Å². The zero-order chi connectivity index (χ0) is 35.3. The molecule has 11 nitrogen and oxygen atoms in total. The SMILES string of the molecule is COc1ccc(CN(C)C[C@H]2OCCCC[C@H](C)Oc3ccc(NC(=O)Nc4ccc(OC)cc4)cc3C(=O)N([C@@H](C)CO)C[C@@H]2C)cc1. The normalized spacial score (nSPS) is 19.6. The van der Waals surface area contributed by atoms with E-state index in [4.69, 9.17) is 18.9 Å². The number of aliphatic hydroxyl groups is 1. The number of hydrogen-bond acceptors (Lipinski definition) is 8. The van der Waals surface area contributed by atoms with E-state index in [9.17, 15) is 14.7 Å². The zero-order valence-electron chi connectivity index (χ0n) is 29.6. The number of carbonyl (C=O) groups is 2. The van der Waals surface area contributed by atoms with Crippen LogP contribution in [0.2, 0.25) is 0 Å². The molecular weight excluding hydrogens is 624 g/mol. The van der Waals surface area contributed by atoms with Gasteiger partial charge in [-0.1, -0.05) is 19.1 Å². The lowest BCUT2D eigenvalue weighted by Gasteiger charge is -2.36. The summed E-state index contributed by atoms with van der Waals surface area (Å²) >= 11 is 0. The molecule has 1 aliphatic heterocycles. The van der Waals surface area contributed by atoms with Crippen LogP contribution in [-0.4, -0.2) is 92.7 Å². The van der Waals surface area contributed by atoms with Crippen LogP contribution in [0, 0.1) is 5.92 Å². The molecule has 49 heavy (non-hydrogen) atoms. The summed E-state index contributed by atoms with van der Waals surface area (Å²) in [5.41, 5.74) is 2.50. The van der Waals surface area contributed by atoms with Crippen LogP contribution in [0.3, 0.4) is 0 Å². The molecule has 3 N–H and O–H groups in total. The monoisotopic (exact) mass is 676 g/mol. The molecule has 266 valence electrons. The van der Waals surface area contributed by atoms with Crippen molar-refractivity contribution in [2.75, 3.05) is 58.2 Å². The molecule has 0 bridgehead atoms. The fraction of sp³-hybridized carbons (Fsp3) is 0.474. The predicted molar refractivity (Wildman–Crippen MR) is 192 cm³/mol. The number of hydrogen-bond donors (Lipinski definition) is 3. The molecule has 3 amide bonds. The Balaban J connectivity index is 1.56. The fourth-order valence-electron chi connectivity index (χ4n) is 5.85. The van der Waals surface area contributed by atoms with Gasteiger partial charge in [-0.2, -0.15) is 0 Å². The Kier molecular flexibility index (Phi) is 14.1. The highest BCUT2D eigenvalue weighted by atomic mass is 16.5. The minimum atomic E-state index is -0.471. The van der Waals surface area contributed by atoms with Crippen molar-refractivity contribution in [3.8, 4) is 17.2 Å². The number of methoxy groups -OCH3 is 2. The van der Waals surface area contributed by atoms with Gasteiger partial charge < -0.3 is 39.6 Å². The van der Waals surface area contributed by atoms with Gasteiger partial charge in [0.25, 0.3) is 5.91 Å². The number of rotatable bonds is 10. The van der Waals surface area contributed by atoms with E-state index in [1.165, 1.54) is 0 Å². The van der Waals surface area contributed by atoms with E-state index in [-0.39, 0.29) is 30.6 Å². The standard InChI is InChI=1S/C38H52N4O7/c1-26-22-42(27(2)25-43)37(44)34-21-31(40-38(45)39-30-12-17-33(47-6)18-13-30)14-19-35(34)49-28(3)9-7-8-20-48-36(26)24-41(4)23-29-10-15-32(46-5)16-11-29/h10-19,21,26-28,36,43H,7-9,20,22-25H2,1-6H3,(H2,39,40,45)/t26-,27-,28-,36+/m0/s1. The molecule has 0 spiro atoms. The molecule has 0 aromatic heterocycles. The second-order valence-corrected chi connectivity index (χ2v) is 12.9. The average molecular weight is 677 g/mol. The summed E-state index contributed by atoms with van der Waals surface area (Å²) in [6.07, 6.45) is 2.27. The number of anilines is 2. The summed E-state index contributed by atoms with van der Waals surface area (Å²) in [5, 5.41) is 15.9. The lowest BCUT2D eigenvalue weighted by Crippen LogP contribution is -2.47. The Labute approximate surface area is 290 Å². The molecule has 4 rings (SSSR count). The Morgan fingerprint density at radius 2 is 1.61 bits per heavy atom. The first-order valence-corrected chi connectivity index (χ1v) is 17.0. The predicted octanol–water partition coefficient (Wildman–Crippen LogP) is 6.28. The molecule has 0 saturated carbocycles. The first-order chi connectivity index (χ1) is 23.6. The van der Waals surface area contributed by atoms with Crippen LogP contribution in [0.15, 0.2) is 66.7 Å². The van der Waals surface area contributed by atoms with Crippen molar-refractivity contribution < 1.29 is 33.6 Å². The number of nitrogens with one attached hydrogen (secondary N) is 2. The van der Waals surface area contributed by atoms with E-state index >= 15 is 0 Å². The molecule has 0 unspecified atom stereocenters. The summed E-state index contributed by atoms with van der Waals surface area (Å²) in [4.78, 5) is 31.2. The van der Waals surface area contributed by atoms with Crippen molar-refractivity contribution >= 4 is 23.3 Å². The van der Waals surface area contributed by atoms with Crippen molar-refractivity contribution in [1.29, 1.82) is 0 Å². The number of carbonyl (C=O) groups excluding carboxylic acids is 2. The lowest BCUT2D eigenvalue weighted by molar-refractivity contribution is -0.0177. The van der Waals surface area contributed by atoms with Gasteiger partial charge in [0.1, 0.15) is 17.2 Å². The summed E-state index contributed by atoms with van der Waals surface area (Å²) in [6, 6.07) is 19.2. The van der Waals surface area contributed by atoms with E-state index in [0.29, 0.717) is 48.1 Å². The maximum atomic E-state index is 14.4. The molecule has 4 atom stereocenters. The third-order valence-corrected chi connectivity index (χ3v) is 8.76. The molecular formula is C38H52N4O7. The molecule has 0 saturated heterocycles. The van der Waals surface area contributed by atoms with Crippen LogP contribution in [0.5, 0.6) is 17.2 Å². The Morgan fingerprint density at radius 3 is 2.27 bits per heavy atom. The van der Waals surface area contributed by atoms with Gasteiger partial charge in [-0.15, -0.1) is 0 Å². The van der Waals surface area contributed by atoms with E-state index in [1.807, 2.05) is 26.0 Å². The quantitative estimate of drug-likeness (QED) is 0.230. The zero-order valence-corrected chi connectivity index (χ0v) is 29.6. The number of amides is 3. The van der Waals surface area contributed by atoms with Crippen molar-refractivity contribution in [1.82, 2.24) is 9.80 Å². The molecule has 0 radical (unpaired) electrons. The number of aliphatic hydroxyl groups excluding tert-OH is 1. The topological polar surface area (TPSA) is 122 Å². The highest BCUT2D eigenvalue weighted by Gasteiger charge is 2.30. The highest BCUT2D eigenvalue weighted by Crippen LogP contribution is 2.29. The van der Waals surface area contributed by atoms with E-state index < -0.39 is 12.1 Å². The average Bonchev–Trinajstić information content (AvgIpc) is 3.10. The summed E-state index contributed by atoms with van der Waals surface area (Å²) in [6.45, 7) is 8.04. The number of nitrogens with zero attached hydrogens (tertiary/aromatic N) is 2. The smallest absolute Gasteiger partial charge is 0.323 e. The molecule has 1 aliphatic rings. The van der Waals surface area contributed by atoms with Gasteiger partial charge in [0, 0.05) is 43.5 Å². The van der Waals surface area contributed by atoms with Crippen molar-refractivity contribution in [2.45, 2.75) is 64.8 Å². The molecule has 1 heterocycles. The number of urea groups is 1. The third kappa shape index (κ3) is 11.1. The Morgan fingerprint density at radius 1 is 0.980 bits per heavy atom. The van der Waals surface area contributed by atoms with Crippen LogP contribution in [-0.2, 0) is 11.3 Å². The molecule has 0 fully saturated rings. The van der Waals surface area contributed by atoms with Gasteiger partial charge >= 0.3 is 6.03 Å². The van der Waals surface area contributed by atoms with Crippen LogP contribution in [0.25, 0.3) is 0 Å². The van der Waals surface area contributed by atoms with Gasteiger partial charge in [0.05, 0.1) is 44.6 Å². The molecule has 11 heteroatoms. The van der Waals surface area contributed by atoms with E-state index in [2.05, 4.69) is 41.6 Å². The van der Waals surface area contributed by atoms with Gasteiger partial charge in [-0.25, -0.2) is 4.79 Å². The number of ether oxygens (including phenoxy) is 4. The van der Waals surface area contributed by atoms with Crippen molar-refractivity contribution in [3.05, 3.63) is 77.9 Å². The maximum absolute atomic E-state index is 14.4. The van der Waals surface area contributed by atoms with Crippen molar-refractivity contribution in [2.24, 2.45) is 5.92 Å². The summed E-state index contributed by atoms with van der Waals surface area (Å²) < 4.78 is 23.3. The first-order valence-electron chi connectivity index (χ1n) is 17.0. The molecule has 0 aliphatic carbocycles. The summed E-state index contributed by atoms with van der Waals surface area (Å²) in [7, 11) is 5.31. The highest BCUT2D eigenvalue weighted by molar-refractivity contribution is 6.02. The van der Waals surface area contributed by atoms with Gasteiger partial charge in [0.15, 0.2) is 0 Å². The van der Waals surface area contributed by atoms with Gasteiger partial charge in [-0.05, 0) is 100 Å². The van der Waals surface area contributed by atoms with Gasteiger partial charge in [-0.3, -0.25) is 9.69 Å². The molecule has 3 aromatic rings.